The summed E-state index contributed by atoms with van der Waals surface area (Å²) in [5.74, 6) is 2.11. The van der Waals surface area contributed by atoms with Crippen molar-refractivity contribution >= 4 is 33.3 Å². The molecule has 3 rings (SSSR count). The molecule has 116 valence electrons. The number of hydrogen-bond donors (Lipinski definition) is 1. The van der Waals surface area contributed by atoms with Gasteiger partial charge in [-0.15, -0.1) is 23.1 Å². The third-order valence-electron chi connectivity index (χ3n) is 3.65. The highest BCUT2D eigenvalue weighted by atomic mass is 32.2. The van der Waals surface area contributed by atoms with E-state index in [2.05, 4.69) is 16.0 Å². The van der Waals surface area contributed by atoms with Gasteiger partial charge in [0.1, 0.15) is 10.7 Å². The molecule has 0 saturated carbocycles. The number of fused-ring (bicyclic) bond motifs is 1. The van der Waals surface area contributed by atoms with Crippen LogP contribution in [0.4, 0.5) is 0 Å². The van der Waals surface area contributed by atoms with E-state index in [0.29, 0.717) is 22.5 Å². The molecule has 0 amide bonds. The van der Waals surface area contributed by atoms with Gasteiger partial charge in [-0.05, 0) is 37.1 Å². The van der Waals surface area contributed by atoms with Gasteiger partial charge in [0.05, 0.1) is 22.8 Å². The van der Waals surface area contributed by atoms with E-state index in [1.54, 1.807) is 29.2 Å². The number of rotatable bonds is 4. The maximum absolute atomic E-state index is 12.2. The Morgan fingerprint density at radius 3 is 2.96 bits per heavy atom. The third kappa shape index (κ3) is 3.31. The molecule has 0 saturated heterocycles. The molecule has 1 aromatic carbocycles. The van der Waals surface area contributed by atoms with Crippen LogP contribution in [0.2, 0.25) is 0 Å². The van der Waals surface area contributed by atoms with Crippen molar-refractivity contribution in [3.8, 4) is 6.07 Å². The standard InChI is InChI=1S/C17H15N3OS2/c1-10-11(2)23-17-15(10)16(21)19-14(20-17)9-22-8-13-5-3-4-12(6-13)7-18/h3-6H,8-9H2,1-2H3,(H,19,20,21). The van der Waals surface area contributed by atoms with Crippen LogP contribution in [0.1, 0.15) is 27.4 Å². The summed E-state index contributed by atoms with van der Waals surface area (Å²) in [4.78, 5) is 21.6. The Hall–Kier alpha value is -2.10. The third-order valence-corrected chi connectivity index (χ3v) is 5.77. The minimum Gasteiger partial charge on any atom is -0.309 e. The normalized spacial score (nSPS) is 10.8. The molecular weight excluding hydrogens is 326 g/mol. The van der Waals surface area contributed by atoms with Gasteiger partial charge in [-0.3, -0.25) is 4.79 Å². The molecule has 6 heteroatoms. The van der Waals surface area contributed by atoms with E-state index >= 15 is 0 Å². The van der Waals surface area contributed by atoms with Gasteiger partial charge in [0.2, 0.25) is 0 Å². The van der Waals surface area contributed by atoms with Crippen molar-refractivity contribution in [2.75, 3.05) is 0 Å². The number of aromatic nitrogens is 2. The number of thiophene rings is 1. The number of nitriles is 1. The molecule has 0 atom stereocenters. The van der Waals surface area contributed by atoms with Crippen LogP contribution in [0, 0.1) is 25.2 Å². The second-order valence-electron chi connectivity index (χ2n) is 5.28. The number of benzene rings is 1. The highest BCUT2D eigenvalue weighted by molar-refractivity contribution is 7.97. The molecule has 23 heavy (non-hydrogen) atoms. The van der Waals surface area contributed by atoms with Crippen molar-refractivity contribution in [1.29, 1.82) is 5.26 Å². The average molecular weight is 341 g/mol. The predicted molar refractivity (Wildman–Crippen MR) is 95.9 cm³/mol. The van der Waals surface area contributed by atoms with Crippen LogP contribution in [-0.4, -0.2) is 9.97 Å². The summed E-state index contributed by atoms with van der Waals surface area (Å²) in [7, 11) is 0. The average Bonchev–Trinajstić information content (AvgIpc) is 2.82. The molecule has 0 aliphatic rings. The lowest BCUT2D eigenvalue weighted by molar-refractivity contribution is 1.04. The molecule has 0 radical (unpaired) electrons. The Morgan fingerprint density at radius 1 is 1.35 bits per heavy atom. The first-order valence-corrected chi connectivity index (χ1v) is 9.11. The topological polar surface area (TPSA) is 69.5 Å². The van der Waals surface area contributed by atoms with Crippen molar-refractivity contribution in [1.82, 2.24) is 9.97 Å². The first kappa shape index (κ1) is 15.8. The minimum atomic E-state index is -0.0565. The molecule has 0 unspecified atom stereocenters. The van der Waals surface area contributed by atoms with Crippen molar-refractivity contribution in [2.45, 2.75) is 25.4 Å². The van der Waals surface area contributed by atoms with Gasteiger partial charge in [0.25, 0.3) is 5.56 Å². The van der Waals surface area contributed by atoms with E-state index < -0.39 is 0 Å². The zero-order valence-corrected chi connectivity index (χ0v) is 14.5. The van der Waals surface area contributed by atoms with E-state index in [0.717, 1.165) is 26.6 Å². The maximum atomic E-state index is 12.2. The van der Waals surface area contributed by atoms with Gasteiger partial charge in [-0.2, -0.15) is 5.26 Å². The predicted octanol–water partition coefficient (Wildman–Crippen LogP) is 3.91. The number of nitrogens with zero attached hydrogens (tertiary/aromatic N) is 2. The molecule has 0 spiro atoms. The molecule has 0 fully saturated rings. The van der Waals surface area contributed by atoms with Crippen LogP contribution in [0.25, 0.3) is 10.2 Å². The SMILES string of the molecule is Cc1sc2nc(CSCc3cccc(C#N)c3)[nH]c(=O)c2c1C. The Morgan fingerprint density at radius 2 is 2.17 bits per heavy atom. The van der Waals surface area contributed by atoms with Gasteiger partial charge in [-0.1, -0.05) is 12.1 Å². The highest BCUT2D eigenvalue weighted by Gasteiger charge is 2.11. The molecule has 2 heterocycles. The lowest BCUT2D eigenvalue weighted by Crippen LogP contribution is -2.10. The lowest BCUT2D eigenvalue weighted by Gasteiger charge is -2.03. The zero-order chi connectivity index (χ0) is 16.4. The number of H-pyrrole nitrogens is 1. The van der Waals surface area contributed by atoms with Gasteiger partial charge in [-0.25, -0.2) is 4.98 Å². The first-order valence-electron chi connectivity index (χ1n) is 7.14. The van der Waals surface area contributed by atoms with Crippen molar-refractivity contribution < 1.29 is 0 Å². The summed E-state index contributed by atoms with van der Waals surface area (Å²) in [6.07, 6.45) is 0. The summed E-state index contributed by atoms with van der Waals surface area (Å²) in [6, 6.07) is 9.71. The maximum Gasteiger partial charge on any atom is 0.259 e. The Balaban J connectivity index is 1.75. The quantitative estimate of drug-likeness (QED) is 0.781. The van der Waals surface area contributed by atoms with Crippen LogP contribution in [0.15, 0.2) is 29.1 Å². The first-order chi connectivity index (χ1) is 11.1. The highest BCUT2D eigenvalue weighted by Crippen LogP contribution is 2.26. The number of aryl methyl sites for hydroxylation is 2. The molecule has 1 N–H and O–H groups in total. The fourth-order valence-corrected chi connectivity index (χ4v) is 4.26. The largest absolute Gasteiger partial charge is 0.309 e. The van der Waals surface area contributed by atoms with Crippen molar-refractivity contribution in [3.63, 3.8) is 0 Å². The van der Waals surface area contributed by atoms with E-state index in [-0.39, 0.29) is 5.56 Å². The summed E-state index contributed by atoms with van der Waals surface area (Å²) in [6.45, 7) is 3.97. The Kier molecular flexibility index (Phi) is 4.51. The Bertz CT molecular complexity index is 966. The van der Waals surface area contributed by atoms with E-state index in [1.807, 2.05) is 32.0 Å². The van der Waals surface area contributed by atoms with Crippen molar-refractivity contribution in [2.24, 2.45) is 0 Å². The molecule has 2 aromatic heterocycles. The van der Waals surface area contributed by atoms with Crippen molar-refractivity contribution in [3.05, 3.63) is 62.0 Å². The van der Waals surface area contributed by atoms with Crippen LogP contribution in [0.3, 0.4) is 0 Å². The van der Waals surface area contributed by atoms with Gasteiger partial charge in [0.15, 0.2) is 0 Å². The van der Waals surface area contributed by atoms with Crippen LogP contribution in [-0.2, 0) is 11.5 Å². The second-order valence-corrected chi connectivity index (χ2v) is 7.47. The molecular formula is C17H15N3OS2. The second kappa shape index (κ2) is 6.57. The van der Waals surface area contributed by atoms with Gasteiger partial charge in [0, 0.05) is 10.6 Å². The molecule has 0 aliphatic heterocycles. The van der Waals surface area contributed by atoms with E-state index in [4.69, 9.17) is 5.26 Å². The van der Waals surface area contributed by atoms with Crippen LogP contribution < -0.4 is 5.56 Å². The fraction of sp³-hybridized carbons (Fsp3) is 0.235. The lowest BCUT2D eigenvalue weighted by atomic mass is 10.2. The molecule has 4 nitrogen and oxygen atoms in total. The van der Waals surface area contributed by atoms with Crippen LogP contribution >= 0.6 is 23.1 Å². The van der Waals surface area contributed by atoms with Gasteiger partial charge < -0.3 is 4.98 Å². The number of hydrogen-bond acceptors (Lipinski definition) is 5. The molecule has 0 aliphatic carbocycles. The van der Waals surface area contributed by atoms with E-state index in [1.165, 1.54) is 0 Å². The Labute approximate surface area is 142 Å². The van der Waals surface area contributed by atoms with E-state index in [9.17, 15) is 4.79 Å². The molecule has 0 bridgehead atoms. The zero-order valence-electron chi connectivity index (χ0n) is 12.8. The minimum absolute atomic E-state index is 0.0565. The smallest absolute Gasteiger partial charge is 0.259 e. The van der Waals surface area contributed by atoms with Gasteiger partial charge >= 0.3 is 0 Å². The summed E-state index contributed by atoms with van der Waals surface area (Å²) < 4.78 is 0. The number of aromatic amines is 1. The number of nitrogens with one attached hydrogen (secondary N) is 1. The van der Waals surface area contributed by atoms with Crippen LogP contribution in [0.5, 0.6) is 0 Å². The number of thioether (sulfide) groups is 1. The summed E-state index contributed by atoms with van der Waals surface area (Å²) >= 11 is 3.23. The summed E-state index contributed by atoms with van der Waals surface area (Å²) in [5, 5.41) is 9.63. The monoisotopic (exact) mass is 341 g/mol. The molecule has 3 aromatic rings. The summed E-state index contributed by atoms with van der Waals surface area (Å²) in [5.41, 5.74) is 2.73. The fourth-order valence-electron chi connectivity index (χ4n) is 2.36.